The molecule has 0 saturated carbocycles. The van der Waals surface area contributed by atoms with Gasteiger partial charge in [-0.3, -0.25) is 14.2 Å². The van der Waals surface area contributed by atoms with E-state index in [9.17, 15) is 18.0 Å². The number of benzene rings is 3. The zero-order valence-corrected chi connectivity index (χ0v) is 23.6. The molecule has 4 aromatic rings. The SMILES string of the molecule is COc1ccc2c(c1)c(CC(=O)Nc1cccc(S(=O)(=O)N3CCOCC3)c1)c(C)n2C(=O)c1ccc(Cl)cc1. The summed E-state index contributed by atoms with van der Waals surface area (Å²) in [5, 5.41) is 4.05. The summed E-state index contributed by atoms with van der Waals surface area (Å²) in [5.74, 6) is -0.0203. The molecule has 1 aromatic heterocycles. The summed E-state index contributed by atoms with van der Waals surface area (Å²) in [6.45, 7) is 3.03. The molecule has 0 atom stereocenters. The molecule has 3 aromatic carbocycles. The van der Waals surface area contributed by atoms with E-state index in [-0.39, 0.29) is 36.2 Å². The quantitative estimate of drug-likeness (QED) is 0.344. The van der Waals surface area contributed by atoms with Crippen molar-refractivity contribution in [3.63, 3.8) is 0 Å². The molecular weight excluding hydrogens is 554 g/mol. The van der Waals surface area contributed by atoms with Gasteiger partial charge in [0.2, 0.25) is 15.9 Å². The molecule has 2 heterocycles. The van der Waals surface area contributed by atoms with Gasteiger partial charge in [-0.15, -0.1) is 0 Å². The van der Waals surface area contributed by atoms with Crippen LogP contribution in [0.4, 0.5) is 5.69 Å². The Kier molecular flexibility index (Phi) is 7.95. The lowest BCUT2D eigenvalue weighted by molar-refractivity contribution is -0.115. The molecule has 1 aliphatic heterocycles. The topological polar surface area (TPSA) is 107 Å². The van der Waals surface area contributed by atoms with Crippen LogP contribution in [0.3, 0.4) is 0 Å². The number of nitrogens with one attached hydrogen (secondary N) is 1. The minimum atomic E-state index is -3.72. The predicted molar refractivity (Wildman–Crippen MR) is 153 cm³/mol. The van der Waals surface area contributed by atoms with E-state index in [2.05, 4.69) is 5.32 Å². The number of ether oxygens (including phenoxy) is 2. The molecule has 1 saturated heterocycles. The lowest BCUT2D eigenvalue weighted by Gasteiger charge is -2.26. The minimum absolute atomic E-state index is 0.0448. The average Bonchev–Trinajstić information content (AvgIpc) is 3.23. The highest BCUT2D eigenvalue weighted by Gasteiger charge is 2.27. The first-order valence-electron chi connectivity index (χ1n) is 12.6. The molecule has 0 aliphatic carbocycles. The zero-order valence-electron chi connectivity index (χ0n) is 22.0. The van der Waals surface area contributed by atoms with Gasteiger partial charge in [0, 0.05) is 40.4 Å². The first-order chi connectivity index (χ1) is 19.2. The number of fused-ring (bicyclic) bond motifs is 1. The van der Waals surface area contributed by atoms with Gasteiger partial charge in [-0.25, -0.2) is 8.42 Å². The highest BCUT2D eigenvalue weighted by atomic mass is 35.5. The Labute approximate surface area is 237 Å². The Bertz CT molecular complexity index is 1690. The van der Waals surface area contributed by atoms with Crippen LogP contribution in [0.25, 0.3) is 10.9 Å². The molecule has 0 bridgehead atoms. The van der Waals surface area contributed by atoms with Crippen LogP contribution in [0, 0.1) is 6.92 Å². The van der Waals surface area contributed by atoms with E-state index in [4.69, 9.17) is 21.1 Å². The van der Waals surface area contributed by atoms with Crippen LogP contribution in [0.1, 0.15) is 21.6 Å². The van der Waals surface area contributed by atoms with Crippen LogP contribution in [0.2, 0.25) is 5.02 Å². The summed E-state index contributed by atoms with van der Waals surface area (Å²) in [6.07, 6.45) is -0.0448. The fourth-order valence-corrected chi connectivity index (χ4v) is 6.41. The third-order valence-electron chi connectivity index (χ3n) is 6.90. The second kappa shape index (κ2) is 11.4. The average molecular weight is 582 g/mol. The number of aromatic nitrogens is 1. The van der Waals surface area contributed by atoms with Crippen molar-refractivity contribution in [1.29, 1.82) is 0 Å². The number of hydrogen-bond donors (Lipinski definition) is 1. The predicted octanol–water partition coefficient (Wildman–Crippen LogP) is 4.50. The number of methoxy groups -OCH3 is 1. The third kappa shape index (κ3) is 5.48. The number of sulfonamides is 1. The van der Waals surface area contributed by atoms with E-state index in [1.165, 1.54) is 16.4 Å². The Morgan fingerprint density at radius 2 is 1.75 bits per heavy atom. The number of carbonyl (C=O) groups excluding carboxylic acids is 2. The van der Waals surface area contributed by atoms with Crippen LogP contribution < -0.4 is 10.1 Å². The van der Waals surface area contributed by atoms with E-state index in [1.807, 2.05) is 0 Å². The number of nitrogens with zero attached hydrogens (tertiary/aromatic N) is 2. The van der Waals surface area contributed by atoms with Crippen molar-refractivity contribution in [3.05, 3.63) is 88.6 Å². The van der Waals surface area contributed by atoms with Gasteiger partial charge in [-0.1, -0.05) is 17.7 Å². The number of halogens is 1. The molecule has 0 radical (unpaired) electrons. The summed E-state index contributed by atoms with van der Waals surface area (Å²) >= 11 is 6.01. The Morgan fingerprint density at radius 1 is 1.02 bits per heavy atom. The molecule has 1 N–H and O–H groups in total. The first-order valence-corrected chi connectivity index (χ1v) is 14.5. The fraction of sp³-hybridized carbons (Fsp3) is 0.241. The number of rotatable bonds is 7. The maximum Gasteiger partial charge on any atom is 0.262 e. The summed E-state index contributed by atoms with van der Waals surface area (Å²) in [6, 6.07) is 18.2. The summed E-state index contributed by atoms with van der Waals surface area (Å²) in [7, 11) is -2.17. The van der Waals surface area contributed by atoms with E-state index in [0.717, 1.165) is 0 Å². The molecule has 0 spiro atoms. The van der Waals surface area contributed by atoms with Crippen LogP contribution in [-0.2, 0) is 26.0 Å². The van der Waals surface area contributed by atoms with Crippen molar-refractivity contribution in [2.45, 2.75) is 18.2 Å². The van der Waals surface area contributed by atoms with E-state index >= 15 is 0 Å². The second-order valence-electron chi connectivity index (χ2n) is 9.36. The number of anilines is 1. The largest absolute Gasteiger partial charge is 0.497 e. The standard InChI is InChI=1S/C29H28ClN3O6S/c1-19-25(18-28(34)31-22-4-3-5-24(16-22)40(36,37)32-12-14-39-15-13-32)26-17-23(38-2)10-11-27(26)33(19)29(35)20-6-8-21(30)9-7-20/h3-11,16-17H,12-15,18H2,1-2H3,(H,31,34). The van der Waals surface area contributed by atoms with Gasteiger partial charge in [0.1, 0.15) is 5.75 Å². The zero-order chi connectivity index (χ0) is 28.4. The van der Waals surface area contributed by atoms with Crippen LogP contribution >= 0.6 is 11.6 Å². The van der Waals surface area contributed by atoms with Gasteiger partial charge in [0.25, 0.3) is 5.91 Å². The highest BCUT2D eigenvalue weighted by Crippen LogP contribution is 2.31. The van der Waals surface area contributed by atoms with Crippen molar-refractivity contribution < 1.29 is 27.5 Å². The summed E-state index contributed by atoms with van der Waals surface area (Å²) in [4.78, 5) is 26.9. The van der Waals surface area contributed by atoms with E-state index in [1.54, 1.807) is 73.2 Å². The Morgan fingerprint density at radius 3 is 2.45 bits per heavy atom. The Hall–Kier alpha value is -3.70. The van der Waals surface area contributed by atoms with Gasteiger partial charge >= 0.3 is 0 Å². The van der Waals surface area contributed by atoms with Crippen molar-refractivity contribution in [2.24, 2.45) is 0 Å². The van der Waals surface area contributed by atoms with Gasteiger partial charge in [-0.2, -0.15) is 4.31 Å². The van der Waals surface area contributed by atoms with Crippen molar-refractivity contribution in [2.75, 3.05) is 38.7 Å². The molecule has 11 heteroatoms. The molecule has 1 fully saturated rings. The second-order valence-corrected chi connectivity index (χ2v) is 11.7. The molecule has 5 rings (SSSR count). The Balaban J connectivity index is 1.44. The first kappa shape index (κ1) is 27.9. The van der Waals surface area contributed by atoms with Crippen LogP contribution in [0.15, 0.2) is 71.6 Å². The third-order valence-corrected chi connectivity index (χ3v) is 9.05. The summed E-state index contributed by atoms with van der Waals surface area (Å²) < 4.78 is 39.8. The highest BCUT2D eigenvalue weighted by molar-refractivity contribution is 7.89. The maximum absolute atomic E-state index is 13.5. The number of hydrogen-bond acceptors (Lipinski definition) is 6. The van der Waals surface area contributed by atoms with E-state index in [0.29, 0.717) is 57.4 Å². The van der Waals surface area contributed by atoms with Gasteiger partial charge in [-0.05, 0) is 73.2 Å². The molecule has 40 heavy (non-hydrogen) atoms. The number of amides is 1. The normalized spacial score (nSPS) is 14.3. The molecule has 1 amide bonds. The summed E-state index contributed by atoms with van der Waals surface area (Å²) in [5.41, 5.74) is 2.72. The number of morpholine rings is 1. The lowest BCUT2D eigenvalue weighted by Crippen LogP contribution is -2.40. The van der Waals surface area contributed by atoms with Crippen LogP contribution in [0.5, 0.6) is 5.75 Å². The van der Waals surface area contributed by atoms with Gasteiger partial charge < -0.3 is 14.8 Å². The molecule has 208 valence electrons. The monoisotopic (exact) mass is 581 g/mol. The van der Waals surface area contributed by atoms with Crippen LogP contribution in [-0.4, -0.2) is 62.5 Å². The van der Waals surface area contributed by atoms with Crippen molar-refractivity contribution in [1.82, 2.24) is 8.87 Å². The molecule has 1 aliphatic rings. The molecule has 0 unspecified atom stereocenters. The van der Waals surface area contributed by atoms with Crippen molar-refractivity contribution >= 4 is 50.0 Å². The molecular formula is C29H28ClN3O6S. The van der Waals surface area contributed by atoms with Crippen molar-refractivity contribution in [3.8, 4) is 5.75 Å². The van der Waals surface area contributed by atoms with Gasteiger partial charge in [0.05, 0.1) is 37.2 Å². The lowest BCUT2D eigenvalue weighted by atomic mass is 10.1. The molecule has 9 nitrogen and oxygen atoms in total. The maximum atomic E-state index is 13.5. The fourth-order valence-electron chi connectivity index (χ4n) is 4.83. The number of carbonyl (C=O) groups is 2. The van der Waals surface area contributed by atoms with E-state index < -0.39 is 10.0 Å². The van der Waals surface area contributed by atoms with Gasteiger partial charge in [0.15, 0.2) is 0 Å². The minimum Gasteiger partial charge on any atom is -0.497 e. The smallest absolute Gasteiger partial charge is 0.262 e.